The Morgan fingerprint density at radius 3 is 2.32 bits per heavy atom. The van der Waals surface area contributed by atoms with Gasteiger partial charge in [-0.3, -0.25) is 0 Å². The number of sulfone groups is 1. The number of benzene rings is 1. The van der Waals surface area contributed by atoms with Gasteiger partial charge in [0.2, 0.25) is 0 Å². The van der Waals surface area contributed by atoms with E-state index >= 15 is 0 Å². The summed E-state index contributed by atoms with van der Waals surface area (Å²) in [5, 5.41) is 21.2. The van der Waals surface area contributed by atoms with Crippen LogP contribution in [0.1, 0.15) is 44.2 Å². The van der Waals surface area contributed by atoms with Crippen LogP contribution < -0.4 is 10.7 Å². The van der Waals surface area contributed by atoms with Crippen molar-refractivity contribution in [1.82, 2.24) is 4.57 Å². The second-order valence-corrected chi connectivity index (χ2v) is 9.92. The first kappa shape index (κ1) is 20.2. The summed E-state index contributed by atoms with van der Waals surface area (Å²) in [7, 11) is -3.38. The van der Waals surface area contributed by atoms with Gasteiger partial charge in [-0.2, -0.15) is 0 Å². The summed E-state index contributed by atoms with van der Waals surface area (Å²) in [6.07, 6.45) is 2.11. The molecule has 2 N–H and O–H groups in total. The van der Waals surface area contributed by atoms with Crippen LogP contribution in [0.4, 0.5) is 0 Å². The molecule has 7 heteroatoms. The maximum atomic E-state index is 12.3. The fourth-order valence-electron chi connectivity index (χ4n) is 3.61. The molecular weight excluding hydrogens is 378 g/mol. The van der Waals surface area contributed by atoms with Crippen LogP contribution in [0, 0.1) is 6.92 Å². The van der Waals surface area contributed by atoms with Crippen LogP contribution in [-0.4, -0.2) is 34.4 Å². The van der Waals surface area contributed by atoms with Crippen molar-refractivity contribution < 1.29 is 23.4 Å². The third-order valence-electron chi connectivity index (χ3n) is 5.21. The summed E-state index contributed by atoms with van der Waals surface area (Å²) in [4.78, 5) is 11.9. The fourth-order valence-corrected chi connectivity index (χ4v) is 4.67. The first-order chi connectivity index (χ1) is 13.1. The molecule has 1 aromatic heterocycles. The highest BCUT2D eigenvalue weighted by atomic mass is 32.2. The monoisotopic (exact) mass is 403 g/mol. The van der Waals surface area contributed by atoms with Crippen LogP contribution in [0.2, 0.25) is 0 Å². The number of nitrogens with zero attached hydrogens (tertiary/aromatic N) is 1. The summed E-state index contributed by atoms with van der Waals surface area (Å²) in [5.74, 6) is -0.918. The molecule has 0 aliphatic carbocycles. The zero-order chi connectivity index (χ0) is 20.6. The summed E-state index contributed by atoms with van der Waals surface area (Å²) < 4.78 is 26.4. The molecule has 150 valence electrons. The van der Waals surface area contributed by atoms with Gasteiger partial charge in [-0.1, -0.05) is 0 Å². The highest BCUT2D eigenvalue weighted by Crippen LogP contribution is 2.19. The van der Waals surface area contributed by atoms with Gasteiger partial charge in [-0.15, -0.1) is 0 Å². The van der Waals surface area contributed by atoms with E-state index < -0.39 is 21.1 Å². The van der Waals surface area contributed by atoms with Crippen molar-refractivity contribution in [3.8, 4) is 0 Å². The number of aliphatic carboxylic acids is 1. The number of carboxylic acids is 1. The Hall–Kier alpha value is -2.54. The van der Waals surface area contributed by atoms with Gasteiger partial charge in [-0.25, -0.2) is 13.2 Å². The molecule has 1 aliphatic heterocycles. The van der Waals surface area contributed by atoms with Crippen molar-refractivity contribution in [1.29, 1.82) is 0 Å². The highest BCUT2D eigenvalue weighted by Gasteiger charge is 2.20. The van der Waals surface area contributed by atoms with Crippen molar-refractivity contribution in [2.24, 2.45) is 0 Å². The first-order valence-electron chi connectivity index (χ1n) is 9.34. The summed E-state index contributed by atoms with van der Waals surface area (Å²) in [5.41, 5.74) is 1.64. The van der Waals surface area contributed by atoms with E-state index in [0.717, 1.165) is 18.4 Å². The minimum Gasteiger partial charge on any atom is -0.505 e. The molecule has 0 radical (unpaired) electrons. The topological polar surface area (TPSA) is 96.6 Å². The minimum atomic E-state index is -3.38. The zero-order valence-electron chi connectivity index (χ0n) is 16.3. The maximum Gasteiger partial charge on any atom is 0.333 e. The van der Waals surface area contributed by atoms with Crippen molar-refractivity contribution in [2.45, 2.75) is 56.7 Å². The van der Waals surface area contributed by atoms with Crippen LogP contribution in [0.25, 0.3) is 11.3 Å². The zero-order valence-corrected chi connectivity index (χ0v) is 17.1. The third-order valence-corrected chi connectivity index (χ3v) is 7.38. The number of aliphatic hydroxyl groups excluding tert-OH is 1. The molecule has 0 saturated heterocycles. The number of aromatic nitrogens is 1. The molecule has 1 aliphatic rings. The molecule has 0 fully saturated rings. The number of aliphatic hydroxyl groups is 1. The normalized spacial score (nSPS) is 15.9. The summed E-state index contributed by atoms with van der Waals surface area (Å²) >= 11 is 0. The molecule has 0 amide bonds. The van der Waals surface area contributed by atoms with E-state index in [2.05, 4.69) is 0 Å². The molecule has 28 heavy (non-hydrogen) atoms. The van der Waals surface area contributed by atoms with E-state index in [9.17, 15) is 23.4 Å². The maximum absolute atomic E-state index is 12.3. The second-order valence-electron chi connectivity index (χ2n) is 7.42. The van der Waals surface area contributed by atoms with Gasteiger partial charge in [0.25, 0.3) is 0 Å². The number of hydrogen-bond donors (Lipinski definition) is 2. The van der Waals surface area contributed by atoms with E-state index in [1.165, 1.54) is 12.1 Å². The van der Waals surface area contributed by atoms with E-state index in [1.807, 2.05) is 11.5 Å². The van der Waals surface area contributed by atoms with Crippen LogP contribution in [0.15, 0.2) is 35.2 Å². The van der Waals surface area contributed by atoms with E-state index in [-0.39, 0.29) is 10.7 Å². The van der Waals surface area contributed by atoms with Gasteiger partial charge in [-0.05, 0) is 75.9 Å². The largest absolute Gasteiger partial charge is 0.505 e. The first-order valence-corrected chi connectivity index (χ1v) is 10.9. The lowest BCUT2D eigenvalue weighted by atomic mass is 10.1. The van der Waals surface area contributed by atoms with Gasteiger partial charge in [0.15, 0.2) is 9.84 Å². The molecular formula is C21H25NO5S. The predicted molar refractivity (Wildman–Crippen MR) is 107 cm³/mol. The lowest BCUT2D eigenvalue weighted by Crippen LogP contribution is -2.31. The lowest BCUT2D eigenvalue weighted by Gasteiger charge is -2.09. The molecule has 0 bridgehead atoms. The van der Waals surface area contributed by atoms with E-state index in [4.69, 9.17) is 0 Å². The fraction of sp³-hybridized carbons (Fsp3) is 0.381. The smallest absolute Gasteiger partial charge is 0.333 e. The second kappa shape index (κ2) is 7.47. The average molecular weight is 404 g/mol. The van der Waals surface area contributed by atoms with Crippen LogP contribution in [-0.2, 0) is 21.2 Å². The summed E-state index contributed by atoms with van der Waals surface area (Å²) in [6.45, 7) is 5.72. The quantitative estimate of drug-likeness (QED) is 0.815. The number of carboxylic acid groups (broad SMARTS) is 1. The Labute approximate surface area is 164 Å². The van der Waals surface area contributed by atoms with Crippen molar-refractivity contribution >= 4 is 27.1 Å². The molecule has 0 spiro atoms. The number of fused-ring (bicyclic) bond motifs is 1. The molecule has 2 heterocycles. The van der Waals surface area contributed by atoms with Crippen molar-refractivity contribution in [2.75, 3.05) is 0 Å². The average Bonchev–Trinajstić information content (AvgIpc) is 2.82. The van der Waals surface area contributed by atoms with Crippen LogP contribution in [0.5, 0.6) is 0 Å². The van der Waals surface area contributed by atoms with Gasteiger partial charge in [0.05, 0.1) is 26.4 Å². The van der Waals surface area contributed by atoms with Crippen LogP contribution >= 0.6 is 0 Å². The Bertz CT molecular complexity index is 1140. The number of rotatable bonds is 4. The van der Waals surface area contributed by atoms with Gasteiger partial charge < -0.3 is 14.8 Å². The molecule has 1 aromatic carbocycles. The van der Waals surface area contributed by atoms with E-state index in [0.29, 0.717) is 34.8 Å². The molecule has 6 nitrogen and oxygen atoms in total. The van der Waals surface area contributed by atoms with E-state index in [1.54, 1.807) is 32.0 Å². The number of carbonyl (C=O) groups is 1. The molecule has 2 aromatic rings. The summed E-state index contributed by atoms with van der Waals surface area (Å²) in [6, 6.07) is 7.97. The van der Waals surface area contributed by atoms with Gasteiger partial charge >= 0.3 is 5.97 Å². The van der Waals surface area contributed by atoms with Crippen molar-refractivity contribution in [3.63, 3.8) is 0 Å². The third kappa shape index (κ3) is 3.46. The lowest BCUT2D eigenvalue weighted by molar-refractivity contribution is -0.130. The Kier molecular flexibility index (Phi) is 5.39. The highest BCUT2D eigenvalue weighted by molar-refractivity contribution is 7.92. The minimum absolute atomic E-state index is 0.0175. The van der Waals surface area contributed by atoms with Crippen LogP contribution in [0.3, 0.4) is 0 Å². The molecule has 3 rings (SSSR count). The predicted octanol–water partition coefficient (Wildman–Crippen LogP) is 2.11. The Morgan fingerprint density at radius 1 is 1.11 bits per heavy atom. The van der Waals surface area contributed by atoms with Gasteiger partial charge in [0, 0.05) is 12.1 Å². The Balaban J connectivity index is 2.21. The van der Waals surface area contributed by atoms with Gasteiger partial charge in [0.1, 0.15) is 5.76 Å². The standard InChI is InChI=1S/C21H25NO5S/c1-13(2)28(26,27)16-9-7-15(8-10-16)20(23)19-14(3)12-18-17(21(24)25)6-4-5-11-22(18)19/h7-10,12-13,23H,4-6,11H2,1-3H3,(H,24,25). The van der Waals surface area contributed by atoms with Crippen molar-refractivity contribution in [3.05, 3.63) is 52.2 Å². The Morgan fingerprint density at radius 2 is 1.75 bits per heavy atom. The molecule has 0 atom stereocenters. The number of hydrogen-bond acceptors (Lipinski definition) is 4. The SMILES string of the molecule is Cc1cc2n(c1=C(O)c1ccc(S(=O)(=O)C(C)C)cc1)CCCCC=2C(=O)O. The molecule has 0 saturated carbocycles. The molecule has 0 unspecified atom stereocenters. The number of aryl methyl sites for hydroxylation is 1.